The highest BCUT2D eigenvalue weighted by atomic mass is 32.2. The molecule has 2 rings (SSSR count). The summed E-state index contributed by atoms with van der Waals surface area (Å²) in [5, 5.41) is 13.8. The van der Waals surface area contributed by atoms with Crippen molar-refractivity contribution in [2.24, 2.45) is 0 Å². The van der Waals surface area contributed by atoms with Crippen molar-refractivity contribution in [3.05, 3.63) is 23.4 Å². The second-order valence-electron chi connectivity index (χ2n) is 5.60. The topological polar surface area (TPSA) is 62.2 Å². The van der Waals surface area contributed by atoms with E-state index in [2.05, 4.69) is 29.4 Å². The molecule has 110 valence electrons. The van der Waals surface area contributed by atoms with Gasteiger partial charge in [-0.2, -0.15) is 0 Å². The zero-order valence-corrected chi connectivity index (χ0v) is 13.1. The van der Waals surface area contributed by atoms with Crippen molar-refractivity contribution >= 4 is 17.7 Å². The summed E-state index contributed by atoms with van der Waals surface area (Å²) in [4.78, 5) is 16.1. The molecular weight excluding hydrogens is 272 g/mol. The molecule has 4 nitrogen and oxygen atoms in total. The summed E-state index contributed by atoms with van der Waals surface area (Å²) in [7, 11) is 1.75. The number of nitrogens with one attached hydrogen (secondary N) is 1. The summed E-state index contributed by atoms with van der Waals surface area (Å²) in [5.41, 5.74) is 1.45. The number of likely N-dealkylation sites (N-methyl/N-ethyl adjacent to an activating group) is 1. The van der Waals surface area contributed by atoms with E-state index in [1.165, 1.54) is 5.56 Å². The van der Waals surface area contributed by atoms with Crippen LogP contribution in [0.2, 0.25) is 0 Å². The lowest BCUT2D eigenvalue weighted by atomic mass is 9.81. The van der Waals surface area contributed by atoms with Gasteiger partial charge in [0.15, 0.2) is 0 Å². The quantitative estimate of drug-likeness (QED) is 0.894. The van der Waals surface area contributed by atoms with Crippen LogP contribution in [0.4, 0.5) is 0 Å². The van der Waals surface area contributed by atoms with Crippen molar-refractivity contribution in [2.75, 3.05) is 7.05 Å². The van der Waals surface area contributed by atoms with Crippen LogP contribution in [0.25, 0.3) is 0 Å². The van der Waals surface area contributed by atoms with Crippen LogP contribution in [-0.2, 0) is 4.79 Å². The molecule has 1 aliphatic rings. The highest BCUT2D eigenvalue weighted by Crippen LogP contribution is 2.38. The van der Waals surface area contributed by atoms with E-state index in [4.69, 9.17) is 0 Å². The largest absolute Gasteiger partial charge is 0.480 e. The molecule has 1 fully saturated rings. The molecule has 0 radical (unpaired) electrons. The maximum Gasteiger partial charge on any atom is 0.323 e. The van der Waals surface area contributed by atoms with Gasteiger partial charge in [0.2, 0.25) is 0 Å². The normalized spacial score (nSPS) is 26.4. The predicted molar refractivity (Wildman–Crippen MR) is 81.3 cm³/mol. The van der Waals surface area contributed by atoms with E-state index in [1.807, 2.05) is 6.92 Å². The Morgan fingerprint density at radius 3 is 2.85 bits per heavy atom. The fourth-order valence-electron chi connectivity index (χ4n) is 2.89. The van der Waals surface area contributed by atoms with Gasteiger partial charge in [0.25, 0.3) is 0 Å². The number of hydrogen-bond acceptors (Lipinski definition) is 4. The van der Waals surface area contributed by atoms with E-state index in [0.717, 1.165) is 23.6 Å². The van der Waals surface area contributed by atoms with Gasteiger partial charge in [0, 0.05) is 10.9 Å². The Morgan fingerprint density at radius 1 is 1.50 bits per heavy atom. The monoisotopic (exact) mass is 294 g/mol. The van der Waals surface area contributed by atoms with Crippen molar-refractivity contribution in [1.82, 2.24) is 10.3 Å². The zero-order valence-electron chi connectivity index (χ0n) is 12.3. The second-order valence-corrected chi connectivity index (χ2v) is 6.92. The average Bonchev–Trinajstić information content (AvgIpc) is 2.37. The summed E-state index contributed by atoms with van der Waals surface area (Å²) in [6.45, 7) is 4.06. The number of aryl methyl sites for hydroxylation is 2. The minimum atomic E-state index is -0.769. The molecule has 2 unspecified atom stereocenters. The van der Waals surface area contributed by atoms with Crippen LogP contribution in [0, 0.1) is 13.8 Å². The molecule has 2 atom stereocenters. The Hall–Kier alpha value is -1.07. The molecule has 20 heavy (non-hydrogen) atoms. The minimum Gasteiger partial charge on any atom is -0.480 e. The number of carboxylic acids is 1. The molecule has 0 spiro atoms. The lowest BCUT2D eigenvalue weighted by Gasteiger charge is -2.37. The highest BCUT2D eigenvalue weighted by Gasteiger charge is 2.41. The van der Waals surface area contributed by atoms with Crippen LogP contribution in [0.5, 0.6) is 0 Å². The van der Waals surface area contributed by atoms with Crippen LogP contribution in [-0.4, -0.2) is 33.9 Å². The van der Waals surface area contributed by atoms with Crippen molar-refractivity contribution in [1.29, 1.82) is 0 Å². The minimum absolute atomic E-state index is 0.306. The molecule has 1 aliphatic carbocycles. The number of rotatable bonds is 4. The lowest BCUT2D eigenvalue weighted by molar-refractivity contribution is -0.146. The van der Waals surface area contributed by atoms with Crippen LogP contribution in [0.15, 0.2) is 17.2 Å². The molecule has 0 aliphatic heterocycles. The Labute approximate surface area is 124 Å². The van der Waals surface area contributed by atoms with E-state index >= 15 is 0 Å². The second kappa shape index (κ2) is 6.14. The van der Waals surface area contributed by atoms with E-state index in [1.54, 1.807) is 18.8 Å². The van der Waals surface area contributed by atoms with Gasteiger partial charge in [-0.25, -0.2) is 4.98 Å². The fourth-order valence-corrected chi connectivity index (χ4v) is 4.33. The summed E-state index contributed by atoms with van der Waals surface area (Å²) >= 11 is 1.71. The third kappa shape index (κ3) is 3.33. The van der Waals surface area contributed by atoms with Crippen molar-refractivity contribution < 1.29 is 9.90 Å². The molecule has 2 N–H and O–H groups in total. The Balaban J connectivity index is 2.11. The smallest absolute Gasteiger partial charge is 0.323 e. The molecule has 1 aromatic rings. The zero-order chi connectivity index (χ0) is 14.8. The van der Waals surface area contributed by atoms with E-state index in [0.29, 0.717) is 18.1 Å². The number of carbonyl (C=O) groups is 1. The number of hydrogen-bond donors (Lipinski definition) is 2. The van der Waals surface area contributed by atoms with Crippen LogP contribution < -0.4 is 5.32 Å². The Kier molecular flexibility index (Phi) is 4.70. The molecule has 0 aromatic carbocycles. The first-order valence-electron chi connectivity index (χ1n) is 6.99. The first-order valence-corrected chi connectivity index (χ1v) is 7.87. The van der Waals surface area contributed by atoms with E-state index in [-0.39, 0.29) is 0 Å². The van der Waals surface area contributed by atoms with Crippen LogP contribution >= 0.6 is 11.8 Å². The van der Waals surface area contributed by atoms with Crippen molar-refractivity contribution in [3.63, 3.8) is 0 Å². The third-order valence-electron chi connectivity index (χ3n) is 3.96. The van der Waals surface area contributed by atoms with Gasteiger partial charge < -0.3 is 10.4 Å². The summed E-state index contributed by atoms with van der Waals surface area (Å²) in [6, 6.07) is 4.13. The molecule has 5 heteroatoms. The van der Waals surface area contributed by atoms with Gasteiger partial charge in [-0.15, -0.1) is 11.8 Å². The molecular formula is C15H22N2O2S. The van der Waals surface area contributed by atoms with Gasteiger partial charge in [-0.1, -0.05) is 0 Å². The number of carboxylic acid groups (broad SMARTS) is 1. The van der Waals surface area contributed by atoms with Gasteiger partial charge in [0.1, 0.15) is 5.54 Å². The molecule has 1 aromatic heterocycles. The summed E-state index contributed by atoms with van der Waals surface area (Å²) < 4.78 is 0. The van der Waals surface area contributed by atoms with Crippen LogP contribution in [0.3, 0.4) is 0 Å². The summed E-state index contributed by atoms with van der Waals surface area (Å²) in [5.74, 6) is -0.737. The molecule has 0 saturated heterocycles. The maximum absolute atomic E-state index is 11.5. The fraction of sp³-hybridized carbons (Fsp3) is 0.600. The first kappa shape index (κ1) is 15.3. The standard InChI is InChI=1S/C15H22N2O2S/c1-10-7-11(2)17-13(8-10)20-12-5-4-6-15(9-12,16-3)14(18)19/h7-8,12,16H,4-6,9H2,1-3H3,(H,18,19). The van der Waals surface area contributed by atoms with Gasteiger partial charge in [0.05, 0.1) is 5.03 Å². The molecule has 0 amide bonds. The van der Waals surface area contributed by atoms with Gasteiger partial charge in [-0.05, 0) is 64.3 Å². The number of thioether (sulfide) groups is 1. The predicted octanol–water partition coefficient (Wildman–Crippen LogP) is 2.78. The average molecular weight is 294 g/mol. The highest BCUT2D eigenvalue weighted by molar-refractivity contribution is 7.99. The van der Waals surface area contributed by atoms with E-state index < -0.39 is 11.5 Å². The lowest BCUT2D eigenvalue weighted by Crippen LogP contribution is -2.53. The molecule has 1 saturated carbocycles. The first-order chi connectivity index (χ1) is 9.45. The maximum atomic E-state index is 11.5. The molecule has 0 bridgehead atoms. The number of aromatic nitrogens is 1. The summed E-state index contributed by atoms with van der Waals surface area (Å²) in [6.07, 6.45) is 3.35. The van der Waals surface area contributed by atoms with Crippen molar-refractivity contribution in [2.45, 2.75) is 55.3 Å². The van der Waals surface area contributed by atoms with Crippen molar-refractivity contribution in [3.8, 4) is 0 Å². The number of pyridine rings is 1. The van der Waals surface area contributed by atoms with Gasteiger partial charge in [-0.3, -0.25) is 4.79 Å². The van der Waals surface area contributed by atoms with E-state index in [9.17, 15) is 9.90 Å². The number of aliphatic carboxylic acids is 1. The SMILES string of the molecule is CNC1(C(=O)O)CCCC(Sc2cc(C)cc(C)n2)C1. The molecule has 1 heterocycles. The number of nitrogens with zero attached hydrogens (tertiary/aromatic N) is 1. The van der Waals surface area contributed by atoms with Gasteiger partial charge >= 0.3 is 5.97 Å². The third-order valence-corrected chi connectivity index (χ3v) is 5.14. The van der Waals surface area contributed by atoms with Crippen LogP contribution in [0.1, 0.15) is 36.9 Å². The Bertz CT molecular complexity index is 486. The Morgan fingerprint density at radius 2 is 2.25 bits per heavy atom.